The molecule has 1 saturated heterocycles. The molecular weight excluding hydrogens is 198 g/mol. The van der Waals surface area contributed by atoms with Crippen LogP contribution < -0.4 is 10.1 Å². The number of hydrogen-bond acceptors (Lipinski definition) is 2. The van der Waals surface area contributed by atoms with Gasteiger partial charge in [-0.15, -0.1) is 0 Å². The molecule has 0 amide bonds. The van der Waals surface area contributed by atoms with Crippen LogP contribution in [0.1, 0.15) is 37.7 Å². The van der Waals surface area contributed by atoms with Gasteiger partial charge in [0.25, 0.3) is 0 Å². The van der Waals surface area contributed by atoms with Gasteiger partial charge in [0, 0.05) is 6.54 Å². The Bertz CT molecular complexity index is 299. The molecule has 16 heavy (non-hydrogen) atoms. The van der Waals surface area contributed by atoms with Crippen LogP contribution in [-0.2, 0) is 0 Å². The second-order valence-corrected chi connectivity index (χ2v) is 4.40. The molecular formula is C14H21NO. The second-order valence-electron chi connectivity index (χ2n) is 4.40. The minimum atomic E-state index is 0.679. The summed E-state index contributed by atoms with van der Waals surface area (Å²) >= 11 is 0. The maximum Gasteiger partial charge on any atom is 0.119 e. The lowest BCUT2D eigenvalue weighted by molar-refractivity contribution is 0.340. The second kappa shape index (κ2) is 5.90. The first kappa shape index (κ1) is 11.5. The monoisotopic (exact) mass is 219 g/mol. The molecule has 88 valence electrons. The number of nitrogens with one attached hydrogen (secondary N) is 1. The molecule has 0 aromatic heterocycles. The van der Waals surface area contributed by atoms with Gasteiger partial charge in [-0.1, -0.05) is 18.6 Å². The molecule has 1 unspecified atom stereocenters. The highest BCUT2D eigenvalue weighted by molar-refractivity contribution is 5.29. The lowest BCUT2D eigenvalue weighted by atomic mass is 9.94. The average molecular weight is 219 g/mol. The molecule has 0 spiro atoms. The summed E-state index contributed by atoms with van der Waals surface area (Å²) in [5.41, 5.74) is 1.44. The fourth-order valence-electron chi connectivity index (χ4n) is 2.31. The zero-order valence-corrected chi connectivity index (χ0v) is 10.0. The van der Waals surface area contributed by atoms with Crippen molar-refractivity contribution in [3.63, 3.8) is 0 Å². The number of ether oxygens (including phenoxy) is 1. The normalized spacial score (nSPS) is 21.4. The minimum absolute atomic E-state index is 0.679. The molecule has 1 atom stereocenters. The number of hydrogen-bond donors (Lipinski definition) is 1. The Morgan fingerprint density at radius 1 is 1.25 bits per heavy atom. The highest BCUT2D eigenvalue weighted by atomic mass is 16.5. The Labute approximate surface area is 98.0 Å². The SMILES string of the molecule is CCOc1ccc(C2CCCCNC2)cc1. The first-order valence-corrected chi connectivity index (χ1v) is 6.33. The molecule has 1 aliphatic heterocycles. The third-order valence-electron chi connectivity index (χ3n) is 3.21. The van der Waals surface area contributed by atoms with Crippen molar-refractivity contribution in [3.05, 3.63) is 29.8 Å². The van der Waals surface area contributed by atoms with Crippen molar-refractivity contribution in [2.45, 2.75) is 32.1 Å². The first-order valence-electron chi connectivity index (χ1n) is 6.33. The van der Waals surface area contributed by atoms with E-state index in [2.05, 4.69) is 29.6 Å². The molecule has 2 rings (SSSR count). The van der Waals surface area contributed by atoms with E-state index in [1.165, 1.54) is 31.4 Å². The quantitative estimate of drug-likeness (QED) is 0.844. The van der Waals surface area contributed by atoms with Gasteiger partial charge < -0.3 is 10.1 Å². The fraction of sp³-hybridized carbons (Fsp3) is 0.571. The molecule has 1 N–H and O–H groups in total. The predicted molar refractivity (Wildman–Crippen MR) is 67.1 cm³/mol. The highest BCUT2D eigenvalue weighted by Gasteiger charge is 2.13. The van der Waals surface area contributed by atoms with Gasteiger partial charge in [0.05, 0.1) is 6.61 Å². The van der Waals surface area contributed by atoms with E-state index in [9.17, 15) is 0 Å². The van der Waals surface area contributed by atoms with Crippen molar-refractivity contribution in [3.8, 4) is 5.75 Å². The average Bonchev–Trinajstić information content (AvgIpc) is 2.59. The molecule has 1 heterocycles. The maximum atomic E-state index is 5.46. The van der Waals surface area contributed by atoms with Crippen LogP contribution in [0.2, 0.25) is 0 Å². The van der Waals surface area contributed by atoms with Crippen molar-refractivity contribution >= 4 is 0 Å². The van der Waals surface area contributed by atoms with E-state index in [0.29, 0.717) is 5.92 Å². The van der Waals surface area contributed by atoms with E-state index >= 15 is 0 Å². The number of rotatable bonds is 3. The summed E-state index contributed by atoms with van der Waals surface area (Å²) in [6, 6.07) is 8.60. The molecule has 1 aromatic carbocycles. The largest absolute Gasteiger partial charge is 0.494 e. The van der Waals surface area contributed by atoms with Gasteiger partial charge in [-0.2, -0.15) is 0 Å². The molecule has 1 fully saturated rings. The van der Waals surface area contributed by atoms with Crippen molar-refractivity contribution < 1.29 is 4.74 Å². The molecule has 1 aliphatic rings. The summed E-state index contributed by atoms with van der Waals surface area (Å²) in [4.78, 5) is 0. The first-order chi connectivity index (χ1) is 7.90. The Morgan fingerprint density at radius 2 is 2.06 bits per heavy atom. The van der Waals surface area contributed by atoms with Crippen molar-refractivity contribution in [1.82, 2.24) is 5.32 Å². The van der Waals surface area contributed by atoms with Gasteiger partial charge in [-0.05, 0) is 49.9 Å². The van der Waals surface area contributed by atoms with E-state index in [0.717, 1.165) is 18.9 Å². The number of benzene rings is 1. The highest BCUT2D eigenvalue weighted by Crippen LogP contribution is 2.25. The van der Waals surface area contributed by atoms with Crippen LogP contribution in [0.4, 0.5) is 0 Å². The van der Waals surface area contributed by atoms with Gasteiger partial charge in [0.15, 0.2) is 0 Å². The molecule has 2 heteroatoms. The Kier molecular flexibility index (Phi) is 4.23. The minimum Gasteiger partial charge on any atom is -0.494 e. The smallest absolute Gasteiger partial charge is 0.119 e. The van der Waals surface area contributed by atoms with Crippen molar-refractivity contribution in [1.29, 1.82) is 0 Å². The molecule has 0 aliphatic carbocycles. The van der Waals surface area contributed by atoms with Gasteiger partial charge in [-0.3, -0.25) is 0 Å². The van der Waals surface area contributed by atoms with E-state index in [1.54, 1.807) is 0 Å². The van der Waals surface area contributed by atoms with Crippen LogP contribution in [0.3, 0.4) is 0 Å². The van der Waals surface area contributed by atoms with Crippen molar-refractivity contribution in [2.75, 3.05) is 19.7 Å². The maximum absolute atomic E-state index is 5.46. The Balaban J connectivity index is 2.01. The summed E-state index contributed by atoms with van der Waals surface area (Å²) in [7, 11) is 0. The van der Waals surface area contributed by atoms with Crippen LogP contribution in [0, 0.1) is 0 Å². The molecule has 1 aromatic rings. The zero-order valence-electron chi connectivity index (χ0n) is 10.0. The van der Waals surface area contributed by atoms with E-state index < -0.39 is 0 Å². The van der Waals surface area contributed by atoms with Crippen LogP contribution in [0.15, 0.2) is 24.3 Å². The predicted octanol–water partition coefficient (Wildman–Crippen LogP) is 2.94. The molecule has 0 saturated carbocycles. The summed E-state index contributed by atoms with van der Waals surface area (Å²) in [6.07, 6.45) is 3.96. The van der Waals surface area contributed by atoms with Crippen LogP contribution >= 0.6 is 0 Å². The summed E-state index contributed by atoms with van der Waals surface area (Å²) in [5.74, 6) is 1.66. The lowest BCUT2D eigenvalue weighted by Crippen LogP contribution is -2.19. The van der Waals surface area contributed by atoms with Gasteiger partial charge >= 0.3 is 0 Å². The molecule has 0 radical (unpaired) electrons. The third kappa shape index (κ3) is 2.99. The lowest BCUT2D eigenvalue weighted by Gasteiger charge is -2.15. The van der Waals surface area contributed by atoms with Gasteiger partial charge in [0.1, 0.15) is 5.75 Å². The topological polar surface area (TPSA) is 21.3 Å². The van der Waals surface area contributed by atoms with Crippen LogP contribution in [0.5, 0.6) is 5.75 Å². The molecule has 2 nitrogen and oxygen atoms in total. The van der Waals surface area contributed by atoms with Gasteiger partial charge in [-0.25, -0.2) is 0 Å². The van der Waals surface area contributed by atoms with Crippen LogP contribution in [0.25, 0.3) is 0 Å². The van der Waals surface area contributed by atoms with E-state index in [-0.39, 0.29) is 0 Å². The Morgan fingerprint density at radius 3 is 2.81 bits per heavy atom. The van der Waals surface area contributed by atoms with Crippen LogP contribution in [-0.4, -0.2) is 19.7 Å². The zero-order chi connectivity index (χ0) is 11.2. The van der Waals surface area contributed by atoms with E-state index in [1.807, 2.05) is 6.92 Å². The van der Waals surface area contributed by atoms with Crippen molar-refractivity contribution in [2.24, 2.45) is 0 Å². The molecule has 0 bridgehead atoms. The third-order valence-corrected chi connectivity index (χ3v) is 3.21. The standard InChI is InChI=1S/C14H21NO/c1-2-16-14-8-6-12(7-9-14)13-5-3-4-10-15-11-13/h6-9,13,15H,2-5,10-11H2,1H3. The fourth-order valence-corrected chi connectivity index (χ4v) is 2.31. The van der Waals surface area contributed by atoms with E-state index in [4.69, 9.17) is 4.74 Å². The van der Waals surface area contributed by atoms with Gasteiger partial charge in [0.2, 0.25) is 0 Å². The summed E-state index contributed by atoms with van der Waals surface area (Å²) in [6.45, 7) is 5.05. The Hall–Kier alpha value is -1.02. The summed E-state index contributed by atoms with van der Waals surface area (Å²) in [5, 5.41) is 3.50. The summed E-state index contributed by atoms with van der Waals surface area (Å²) < 4.78 is 5.46.